The Hall–Kier alpha value is -1.58. The van der Waals surface area contributed by atoms with Crippen molar-refractivity contribution in [3.8, 4) is 0 Å². The molecule has 27 heavy (non-hydrogen) atoms. The van der Waals surface area contributed by atoms with Crippen LogP contribution in [0.2, 0.25) is 0 Å². The van der Waals surface area contributed by atoms with Crippen molar-refractivity contribution in [2.24, 2.45) is 16.7 Å². The largest absolute Gasteiger partial charge is 0.481 e. The van der Waals surface area contributed by atoms with E-state index in [1.165, 1.54) is 45.4 Å². The fourth-order valence-electron chi connectivity index (χ4n) is 2.73. The molecule has 2 aliphatic rings. The maximum absolute atomic E-state index is 9.97. The topological polar surface area (TPSA) is 74.6 Å². The van der Waals surface area contributed by atoms with Crippen LogP contribution in [-0.4, -0.2) is 22.2 Å². The van der Waals surface area contributed by atoms with Crippen LogP contribution in [0.1, 0.15) is 93.4 Å². The Morgan fingerprint density at radius 2 is 1.30 bits per heavy atom. The summed E-state index contributed by atoms with van der Waals surface area (Å²) in [6.45, 7) is 15.2. The number of aliphatic carboxylic acids is 2. The smallest absolute Gasteiger partial charge is 0.306 e. The lowest BCUT2D eigenvalue weighted by Gasteiger charge is -2.27. The number of hydrogen-bond acceptors (Lipinski definition) is 2. The monoisotopic (exact) mass is 380 g/mol. The van der Waals surface area contributed by atoms with Crippen LogP contribution in [0.4, 0.5) is 0 Å². The van der Waals surface area contributed by atoms with Gasteiger partial charge in [-0.2, -0.15) is 0 Å². The Morgan fingerprint density at radius 3 is 1.44 bits per heavy atom. The van der Waals surface area contributed by atoms with E-state index in [9.17, 15) is 9.59 Å². The predicted molar refractivity (Wildman–Crippen MR) is 112 cm³/mol. The number of carboxylic acid groups (broad SMARTS) is 2. The van der Waals surface area contributed by atoms with Crippen molar-refractivity contribution in [2.45, 2.75) is 93.4 Å². The second-order valence-electron chi connectivity index (χ2n) is 9.67. The zero-order valence-corrected chi connectivity index (χ0v) is 18.4. The van der Waals surface area contributed by atoms with Gasteiger partial charge in [-0.15, -0.1) is 0 Å². The molecule has 0 saturated heterocycles. The van der Waals surface area contributed by atoms with Gasteiger partial charge in [0.2, 0.25) is 0 Å². The average molecular weight is 381 g/mol. The Balaban J connectivity index is 0.000000376. The van der Waals surface area contributed by atoms with Crippen LogP contribution in [-0.2, 0) is 9.59 Å². The molecule has 156 valence electrons. The van der Waals surface area contributed by atoms with E-state index in [4.69, 9.17) is 10.2 Å². The highest BCUT2D eigenvalue weighted by atomic mass is 16.4. The molecule has 0 aliphatic heterocycles. The van der Waals surface area contributed by atoms with Gasteiger partial charge in [-0.05, 0) is 63.2 Å². The first kappa shape index (κ1) is 25.4. The molecular formula is C23H40O4. The lowest BCUT2D eigenvalue weighted by atomic mass is 9.79. The van der Waals surface area contributed by atoms with E-state index in [0.717, 1.165) is 0 Å². The maximum atomic E-state index is 9.97. The first-order valence-corrected chi connectivity index (χ1v) is 10.00. The van der Waals surface area contributed by atoms with Gasteiger partial charge in [0.05, 0.1) is 12.3 Å². The molecule has 2 aliphatic carbocycles. The highest BCUT2D eigenvalue weighted by Gasteiger charge is 2.20. The van der Waals surface area contributed by atoms with Gasteiger partial charge in [0.25, 0.3) is 0 Å². The van der Waals surface area contributed by atoms with Gasteiger partial charge < -0.3 is 10.2 Å². The summed E-state index contributed by atoms with van der Waals surface area (Å²) in [4.78, 5) is 19.8. The number of carbonyl (C=O) groups is 2. The summed E-state index contributed by atoms with van der Waals surface area (Å²) in [5.41, 5.74) is 4.32. The predicted octanol–water partition coefficient (Wildman–Crippen LogP) is 6.47. The molecule has 0 spiro atoms. The number of allylic oxidation sites excluding steroid dienone is 4. The third-order valence-corrected chi connectivity index (χ3v) is 5.30. The van der Waals surface area contributed by atoms with Crippen molar-refractivity contribution in [2.75, 3.05) is 0 Å². The molecule has 0 fully saturated rings. The molecule has 0 bridgehead atoms. The minimum Gasteiger partial charge on any atom is -0.481 e. The highest BCUT2D eigenvalue weighted by molar-refractivity contribution is 5.77. The third-order valence-electron chi connectivity index (χ3n) is 5.30. The minimum atomic E-state index is -1.08. The van der Waals surface area contributed by atoms with Crippen molar-refractivity contribution in [3.05, 3.63) is 23.3 Å². The lowest BCUT2D eigenvalue weighted by molar-refractivity contribution is -0.147. The van der Waals surface area contributed by atoms with Gasteiger partial charge in [-0.25, -0.2) is 0 Å². The molecule has 4 heteroatoms. The van der Waals surface area contributed by atoms with Gasteiger partial charge in [-0.1, -0.05) is 57.9 Å². The van der Waals surface area contributed by atoms with Crippen LogP contribution in [0.5, 0.6) is 0 Å². The Kier molecular flexibility index (Phi) is 10.6. The Morgan fingerprint density at radius 1 is 0.926 bits per heavy atom. The molecular weight excluding hydrogens is 340 g/mol. The van der Waals surface area contributed by atoms with Gasteiger partial charge in [0, 0.05) is 0 Å². The number of hydrogen-bond donors (Lipinski definition) is 2. The first-order valence-electron chi connectivity index (χ1n) is 10.00. The zero-order chi connectivity index (χ0) is 21.3. The number of rotatable bonds is 3. The molecule has 0 aromatic heterocycles. The van der Waals surface area contributed by atoms with E-state index >= 15 is 0 Å². The van der Waals surface area contributed by atoms with E-state index in [2.05, 4.69) is 53.7 Å². The maximum Gasteiger partial charge on any atom is 0.306 e. The molecule has 0 aromatic rings. The quantitative estimate of drug-likeness (QED) is 0.550. The molecule has 0 radical (unpaired) electrons. The van der Waals surface area contributed by atoms with Crippen molar-refractivity contribution in [1.82, 2.24) is 0 Å². The van der Waals surface area contributed by atoms with Crippen molar-refractivity contribution < 1.29 is 19.8 Å². The molecule has 1 unspecified atom stereocenters. The second kappa shape index (κ2) is 11.3. The van der Waals surface area contributed by atoms with Crippen LogP contribution in [0, 0.1) is 16.7 Å². The van der Waals surface area contributed by atoms with Gasteiger partial charge in [0.15, 0.2) is 0 Å². The van der Waals surface area contributed by atoms with E-state index < -0.39 is 17.9 Å². The Bertz CT molecular complexity index is 519. The summed E-state index contributed by atoms with van der Waals surface area (Å²) in [5, 5.41) is 16.2. The summed E-state index contributed by atoms with van der Waals surface area (Å²) >= 11 is 0. The molecule has 1 atom stereocenters. The summed E-state index contributed by atoms with van der Waals surface area (Å²) in [6.07, 6.45) is 12.4. The number of carboxylic acids is 2. The first-order chi connectivity index (χ1) is 12.2. The van der Waals surface area contributed by atoms with Crippen LogP contribution in [0.15, 0.2) is 23.3 Å². The van der Waals surface area contributed by atoms with E-state index in [1.54, 1.807) is 11.1 Å². The summed E-state index contributed by atoms with van der Waals surface area (Å²) in [6, 6.07) is 0. The van der Waals surface area contributed by atoms with E-state index in [0.29, 0.717) is 10.8 Å². The molecule has 0 saturated carbocycles. The van der Waals surface area contributed by atoms with E-state index in [-0.39, 0.29) is 6.42 Å². The van der Waals surface area contributed by atoms with Gasteiger partial charge in [0.1, 0.15) is 0 Å². The molecule has 4 nitrogen and oxygen atoms in total. The normalized spacial score (nSPS) is 21.1. The third kappa shape index (κ3) is 13.3. The van der Waals surface area contributed by atoms with Crippen LogP contribution < -0.4 is 0 Å². The molecule has 2 rings (SSSR count). The fraction of sp³-hybridized carbons (Fsp3) is 0.739. The van der Waals surface area contributed by atoms with Crippen molar-refractivity contribution in [3.63, 3.8) is 0 Å². The SMILES string of the molecule is CC(CC(=O)O)C(=O)O.CC1=CCC(C)(C)CC1.CC1=CCC(C)(C)CC1. The Labute approximate surface area is 165 Å². The van der Waals surface area contributed by atoms with E-state index in [1.807, 2.05) is 0 Å². The minimum absolute atomic E-state index is 0.310. The second-order valence-corrected chi connectivity index (χ2v) is 9.67. The van der Waals surface area contributed by atoms with Crippen molar-refractivity contribution in [1.29, 1.82) is 0 Å². The van der Waals surface area contributed by atoms with Gasteiger partial charge >= 0.3 is 11.9 Å². The summed E-state index contributed by atoms with van der Waals surface area (Å²) in [5.74, 6) is -2.94. The van der Waals surface area contributed by atoms with Crippen LogP contribution in [0.3, 0.4) is 0 Å². The molecule has 0 heterocycles. The van der Waals surface area contributed by atoms with Gasteiger partial charge in [-0.3, -0.25) is 9.59 Å². The molecule has 2 N–H and O–H groups in total. The highest BCUT2D eigenvalue weighted by Crippen LogP contribution is 2.34. The standard InChI is InChI=1S/2C9H16.C5H8O4/c2*1-8-4-6-9(2,3)7-5-8;1-3(5(8)9)2-4(6)7/h2*4H,5-7H2,1-3H3;3H,2H2,1H3,(H,6,7)(H,8,9). The average Bonchev–Trinajstić information content (AvgIpc) is 2.54. The summed E-state index contributed by atoms with van der Waals surface area (Å²) < 4.78 is 0. The van der Waals surface area contributed by atoms with Crippen LogP contribution >= 0.6 is 0 Å². The lowest BCUT2D eigenvalue weighted by Crippen LogP contribution is -2.13. The fourth-order valence-corrected chi connectivity index (χ4v) is 2.73. The van der Waals surface area contributed by atoms with Crippen LogP contribution in [0.25, 0.3) is 0 Å². The zero-order valence-electron chi connectivity index (χ0n) is 18.4. The molecule has 0 amide bonds. The van der Waals surface area contributed by atoms with Crippen molar-refractivity contribution >= 4 is 11.9 Å². The summed E-state index contributed by atoms with van der Waals surface area (Å²) in [7, 11) is 0. The molecule has 0 aromatic carbocycles.